The van der Waals surface area contributed by atoms with Crippen LogP contribution in [0, 0.1) is 6.92 Å². The van der Waals surface area contributed by atoms with Crippen molar-refractivity contribution in [1.82, 2.24) is 14.8 Å². The van der Waals surface area contributed by atoms with Crippen molar-refractivity contribution < 1.29 is 4.79 Å². The third kappa shape index (κ3) is 3.93. The fraction of sp³-hybridized carbons (Fsp3) is 0.524. The molecule has 6 heteroatoms. The van der Waals surface area contributed by atoms with E-state index in [9.17, 15) is 4.79 Å². The molecule has 1 atom stereocenters. The van der Waals surface area contributed by atoms with Crippen molar-refractivity contribution >= 4 is 17.2 Å². The van der Waals surface area contributed by atoms with E-state index in [4.69, 9.17) is 10.7 Å². The molecular formula is C21H28N4OS. The summed E-state index contributed by atoms with van der Waals surface area (Å²) in [4.78, 5) is 23.7. The number of carbonyl (C=O) groups is 1. The largest absolute Gasteiger partial charge is 0.336 e. The second kappa shape index (κ2) is 7.70. The number of hydrogen-bond acceptors (Lipinski definition) is 5. The van der Waals surface area contributed by atoms with Crippen molar-refractivity contribution in [2.24, 2.45) is 5.73 Å². The Balaban J connectivity index is 1.50. The van der Waals surface area contributed by atoms with Crippen molar-refractivity contribution in [2.45, 2.75) is 38.1 Å². The van der Waals surface area contributed by atoms with Crippen molar-refractivity contribution in [3.63, 3.8) is 0 Å². The Bertz CT molecular complexity index is 808. The van der Waals surface area contributed by atoms with Crippen molar-refractivity contribution in [3.05, 3.63) is 40.4 Å². The summed E-state index contributed by atoms with van der Waals surface area (Å²) < 4.78 is 0. The molecule has 0 unspecified atom stereocenters. The van der Waals surface area contributed by atoms with Gasteiger partial charge in [-0.25, -0.2) is 0 Å². The van der Waals surface area contributed by atoms with Crippen LogP contribution in [-0.2, 0) is 0 Å². The minimum absolute atomic E-state index is 0.111. The number of rotatable bonds is 3. The highest BCUT2D eigenvalue weighted by Gasteiger charge is 2.27. The van der Waals surface area contributed by atoms with Gasteiger partial charge in [0, 0.05) is 25.3 Å². The summed E-state index contributed by atoms with van der Waals surface area (Å²) in [5.41, 5.74) is 9.28. The van der Waals surface area contributed by atoms with E-state index >= 15 is 0 Å². The predicted octanol–water partition coefficient (Wildman–Crippen LogP) is 3.10. The van der Waals surface area contributed by atoms with Crippen LogP contribution in [0.25, 0.3) is 10.6 Å². The smallest absolute Gasteiger partial charge is 0.264 e. The molecule has 27 heavy (non-hydrogen) atoms. The summed E-state index contributed by atoms with van der Waals surface area (Å²) in [5.74, 6) is 0.726. The van der Waals surface area contributed by atoms with E-state index in [-0.39, 0.29) is 11.9 Å². The van der Waals surface area contributed by atoms with E-state index in [1.165, 1.54) is 18.4 Å². The molecule has 2 aromatic heterocycles. The molecule has 0 aliphatic carbocycles. The minimum Gasteiger partial charge on any atom is -0.336 e. The molecular weight excluding hydrogens is 356 g/mol. The first-order valence-electron chi connectivity index (χ1n) is 9.81. The zero-order chi connectivity index (χ0) is 19.0. The molecule has 2 aliphatic rings. The lowest BCUT2D eigenvalue weighted by molar-refractivity contribution is 0.0795. The minimum atomic E-state index is 0.111. The molecule has 0 saturated carbocycles. The number of nitrogens with zero attached hydrogens (tertiary/aromatic N) is 3. The van der Waals surface area contributed by atoms with Gasteiger partial charge in [-0.2, -0.15) is 0 Å². The molecule has 0 spiro atoms. The molecule has 4 heterocycles. The fourth-order valence-corrected chi connectivity index (χ4v) is 5.19. The van der Waals surface area contributed by atoms with Crippen molar-refractivity contribution in [2.75, 3.05) is 33.2 Å². The second-order valence-electron chi connectivity index (χ2n) is 7.98. The van der Waals surface area contributed by atoms with Gasteiger partial charge >= 0.3 is 0 Å². The first-order chi connectivity index (χ1) is 13.0. The van der Waals surface area contributed by atoms with E-state index in [1.54, 1.807) is 11.3 Å². The molecule has 0 bridgehead atoms. The van der Waals surface area contributed by atoms with E-state index in [1.807, 2.05) is 18.0 Å². The van der Waals surface area contributed by atoms with Crippen LogP contribution in [0.1, 0.15) is 46.0 Å². The maximum absolute atomic E-state index is 12.8. The Morgan fingerprint density at radius 1 is 1.22 bits per heavy atom. The van der Waals surface area contributed by atoms with Crippen molar-refractivity contribution in [3.8, 4) is 10.6 Å². The standard InChI is InChI=1S/C21H28N4OS/c1-14-11-19(27-20(14)21(26)25-10-7-17(22)13-25)18-4-3-16(12-23-18)15-5-8-24(2)9-6-15/h3-4,11-12,15,17H,5-10,13,22H2,1-2H3/t17-/m0/s1. The first-order valence-corrected chi connectivity index (χ1v) is 10.6. The zero-order valence-corrected chi connectivity index (χ0v) is 17.0. The quantitative estimate of drug-likeness (QED) is 0.883. The van der Waals surface area contributed by atoms with Crippen LogP contribution in [0.2, 0.25) is 0 Å². The van der Waals surface area contributed by atoms with Crippen LogP contribution < -0.4 is 5.73 Å². The van der Waals surface area contributed by atoms with E-state index in [2.05, 4.69) is 30.1 Å². The molecule has 5 nitrogen and oxygen atoms in total. The SMILES string of the molecule is Cc1cc(-c2ccc(C3CCN(C)CC3)cn2)sc1C(=O)N1CC[C@H](N)C1. The third-order valence-electron chi connectivity index (χ3n) is 5.85. The van der Waals surface area contributed by atoms with Gasteiger partial charge in [-0.1, -0.05) is 6.07 Å². The molecule has 2 aromatic rings. The number of piperidine rings is 1. The fourth-order valence-electron chi connectivity index (χ4n) is 4.07. The highest BCUT2D eigenvalue weighted by Crippen LogP contribution is 2.33. The van der Waals surface area contributed by atoms with E-state index < -0.39 is 0 Å². The summed E-state index contributed by atoms with van der Waals surface area (Å²) in [7, 11) is 2.19. The van der Waals surface area contributed by atoms with Crippen LogP contribution in [0.4, 0.5) is 0 Å². The van der Waals surface area contributed by atoms with Gasteiger partial charge in [-0.15, -0.1) is 11.3 Å². The lowest BCUT2D eigenvalue weighted by Crippen LogP contribution is -2.31. The average Bonchev–Trinajstić information content (AvgIpc) is 3.28. The number of aromatic nitrogens is 1. The second-order valence-corrected chi connectivity index (χ2v) is 9.03. The number of nitrogens with two attached hydrogens (primary N) is 1. The molecule has 0 radical (unpaired) electrons. The van der Waals surface area contributed by atoms with Gasteiger partial charge in [-0.3, -0.25) is 9.78 Å². The molecule has 4 rings (SSSR count). The molecule has 2 saturated heterocycles. The maximum atomic E-state index is 12.8. The highest BCUT2D eigenvalue weighted by atomic mass is 32.1. The van der Waals surface area contributed by atoms with E-state index in [0.717, 1.165) is 47.1 Å². The number of carbonyl (C=O) groups excluding carboxylic acids is 1. The van der Waals surface area contributed by atoms with Crippen LogP contribution in [0.15, 0.2) is 24.4 Å². The summed E-state index contributed by atoms with van der Waals surface area (Å²) in [6, 6.07) is 6.53. The average molecular weight is 385 g/mol. The summed E-state index contributed by atoms with van der Waals surface area (Å²) >= 11 is 1.55. The molecule has 1 amide bonds. The Morgan fingerprint density at radius 2 is 2.00 bits per heavy atom. The number of aryl methyl sites for hydroxylation is 1. The Kier molecular flexibility index (Phi) is 5.30. The lowest BCUT2D eigenvalue weighted by Gasteiger charge is -2.29. The number of thiophene rings is 1. The summed E-state index contributed by atoms with van der Waals surface area (Å²) in [5, 5.41) is 0. The van der Waals surface area contributed by atoms with Crippen LogP contribution in [-0.4, -0.2) is 60.0 Å². The van der Waals surface area contributed by atoms with Crippen LogP contribution >= 0.6 is 11.3 Å². The van der Waals surface area contributed by atoms with Crippen LogP contribution in [0.5, 0.6) is 0 Å². The molecule has 2 N–H and O–H groups in total. The van der Waals surface area contributed by atoms with Gasteiger partial charge in [0.2, 0.25) is 0 Å². The monoisotopic (exact) mass is 384 g/mol. The number of hydrogen-bond donors (Lipinski definition) is 1. The van der Waals surface area contributed by atoms with Gasteiger partial charge < -0.3 is 15.5 Å². The first kappa shape index (κ1) is 18.6. The summed E-state index contributed by atoms with van der Waals surface area (Å²) in [6.45, 7) is 5.74. The maximum Gasteiger partial charge on any atom is 0.264 e. The van der Waals surface area contributed by atoms with Gasteiger partial charge in [0.1, 0.15) is 0 Å². The normalized spacial score (nSPS) is 21.7. The Morgan fingerprint density at radius 3 is 2.63 bits per heavy atom. The molecule has 0 aromatic carbocycles. The lowest BCUT2D eigenvalue weighted by atomic mass is 9.90. The molecule has 2 aliphatic heterocycles. The Hall–Kier alpha value is -1.76. The summed E-state index contributed by atoms with van der Waals surface area (Å²) in [6.07, 6.45) is 5.32. The number of amides is 1. The number of pyridine rings is 1. The van der Waals surface area contributed by atoms with Crippen LogP contribution in [0.3, 0.4) is 0 Å². The third-order valence-corrected chi connectivity index (χ3v) is 7.10. The number of likely N-dealkylation sites (tertiary alicyclic amines) is 2. The van der Waals surface area contributed by atoms with E-state index in [0.29, 0.717) is 12.5 Å². The van der Waals surface area contributed by atoms with Gasteiger partial charge in [0.25, 0.3) is 5.91 Å². The Labute approximate surface area is 165 Å². The molecule has 2 fully saturated rings. The van der Waals surface area contributed by atoms with Crippen molar-refractivity contribution in [1.29, 1.82) is 0 Å². The van der Waals surface area contributed by atoms with Gasteiger partial charge in [-0.05, 0) is 75.5 Å². The topological polar surface area (TPSA) is 62.5 Å². The zero-order valence-electron chi connectivity index (χ0n) is 16.1. The molecule has 144 valence electrons. The highest BCUT2D eigenvalue weighted by molar-refractivity contribution is 7.17. The predicted molar refractivity (Wildman–Crippen MR) is 110 cm³/mol. The van der Waals surface area contributed by atoms with Gasteiger partial charge in [0.15, 0.2) is 0 Å². The van der Waals surface area contributed by atoms with Gasteiger partial charge in [0.05, 0.1) is 15.4 Å².